The summed E-state index contributed by atoms with van der Waals surface area (Å²) in [5, 5.41) is -0.0646. The lowest BCUT2D eigenvalue weighted by molar-refractivity contribution is 0.0601. The number of halogens is 2. The number of para-hydroxylation sites is 1. The van der Waals surface area contributed by atoms with E-state index in [2.05, 4.69) is 4.74 Å². The number of methoxy groups -OCH3 is 1. The Hall–Kier alpha value is -2.27. The zero-order valence-corrected chi connectivity index (χ0v) is 11.3. The highest BCUT2D eigenvalue weighted by Crippen LogP contribution is 2.33. The summed E-state index contributed by atoms with van der Waals surface area (Å²) in [5.41, 5.74) is 6.03. The second kappa shape index (κ2) is 5.79. The number of hydrogen-bond acceptors (Lipinski definition) is 4. The quantitative estimate of drug-likeness (QED) is 0.693. The van der Waals surface area contributed by atoms with Crippen LogP contribution in [0.1, 0.15) is 10.4 Å². The Kier molecular flexibility index (Phi) is 4.10. The summed E-state index contributed by atoms with van der Waals surface area (Å²) in [4.78, 5) is 11.5. The first-order valence-electron chi connectivity index (χ1n) is 5.63. The number of carbonyl (C=O) groups excluding carboxylic acids is 1. The zero-order chi connectivity index (χ0) is 14.7. The first-order chi connectivity index (χ1) is 9.54. The Balaban J connectivity index is 2.39. The van der Waals surface area contributed by atoms with Crippen LogP contribution >= 0.6 is 11.6 Å². The van der Waals surface area contributed by atoms with Gasteiger partial charge in [-0.2, -0.15) is 0 Å². The van der Waals surface area contributed by atoms with Crippen molar-refractivity contribution in [3.05, 3.63) is 52.8 Å². The Bertz CT molecular complexity index is 661. The number of anilines is 1. The van der Waals surface area contributed by atoms with Crippen LogP contribution < -0.4 is 10.5 Å². The molecule has 0 amide bonds. The first-order valence-corrected chi connectivity index (χ1v) is 6.01. The maximum Gasteiger partial charge on any atom is 0.340 e. The molecule has 0 aromatic heterocycles. The molecule has 4 nitrogen and oxygen atoms in total. The summed E-state index contributed by atoms with van der Waals surface area (Å²) in [5.74, 6) is -1.23. The summed E-state index contributed by atoms with van der Waals surface area (Å²) in [7, 11) is 1.24. The molecule has 0 atom stereocenters. The van der Waals surface area contributed by atoms with Crippen molar-refractivity contribution in [3.63, 3.8) is 0 Å². The molecule has 2 aromatic carbocycles. The van der Waals surface area contributed by atoms with Gasteiger partial charge in [0, 0.05) is 0 Å². The normalized spacial score (nSPS) is 10.2. The van der Waals surface area contributed by atoms with Gasteiger partial charge in [0.1, 0.15) is 0 Å². The van der Waals surface area contributed by atoms with Crippen LogP contribution in [-0.4, -0.2) is 13.1 Å². The van der Waals surface area contributed by atoms with Crippen LogP contribution in [-0.2, 0) is 4.74 Å². The topological polar surface area (TPSA) is 61.5 Å². The Morgan fingerprint density at radius 3 is 2.55 bits per heavy atom. The van der Waals surface area contributed by atoms with Crippen LogP contribution in [0.2, 0.25) is 5.02 Å². The number of ether oxygens (including phenoxy) is 2. The van der Waals surface area contributed by atoms with E-state index in [4.69, 9.17) is 22.1 Å². The Morgan fingerprint density at radius 1 is 1.20 bits per heavy atom. The van der Waals surface area contributed by atoms with Crippen LogP contribution in [0.5, 0.6) is 11.5 Å². The summed E-state index contributed by atoms with van der Waals surface area (Å²) < 4.78 is 23.7. The fraction of sp³-hybridized carbons (Fsp3) is 0.0714. The van der Waals surface area contributed by atoms with Crippen molar-refractivity contribution >= 4 is 23.3 Å². The van der Waals surface area contributed by atoms with Crippen LogP contribution in [0, 0.1) is 5.82 Å². The lowest BCUT2D eigenvalue weighted by Crippen LogP contribution is -2.06. The zero-order valence-electron chi connectivity index (χ0n) is 10.5. The highest BCUT2D eigenvalue weighted by atomic mass is 35.5. The average molecular weight is 296 g/mol. The Labute approximate surface area is 119 Å². The smallest absolute Gasteiger partial charge is 0.340 e. The number of benzene rings is 2. The number of nitrogen functional groups attached to an aromatic ring is 1. The second-order valence-corrected chi connectivity index (χ2v) is 4.27. The van der Waals surface area contributed by atoms with Gasteiger partial charge in [-0.25, -0.2) is 9.18 Å². The molecule has 0 spiro atoms. The van der Waals surface area contributed by atoms with Crippen molar-refractivity contribution in [2.45, 2.75) is 0 Å². The minimum Gasteiger partial charge on any atom is -0.465 e. The van der Waals surface area contributed by atoms with Gasteiger partial charge in [-0.3, -0.25) is 0 Å². The van der Waals surface area contributed by atoms with Crippen molar-refractivity contribution in [1.82, 2.24) is 0 Å². The van der Waals surface area contributed by atoms with Gasteiger partial charge in [0.2, 0.25) is 0 Å². The third-order valence-electron chi connectivity index (χ3n) is 2.61. The molecule has 2 rings (SSSR count). The maximum absolute atomic E-state index is 13.8. The van der Waals surface area contributed by atoms with E-state index in [9.17, 15) is 9.18 Å². The van der Waals surface area contributed by atoms with Crippen LogP contribution in [0.25, 0.3) is 0 Å². The molecule has 20 heavy (non-hydrogen) atoms. The molecule has 2 aromatic rings. The molecule has 0 fully saturated rings. The van der Waals surface area contributed by atoms with Gasteiger partial charge in [0.25, 0.3) is 0 Å². The highest BCUT2D eigenvalue weighted by molar-refractivity contribution is 6.30. The minimum atomic E-state index is -0.697. The number of hydrogen-bond donors (Lipinski definition) is 1. The van der Waals surface area contributed by atoms with Crippen LogP contribution in [0.3, 0.4) is 0 Å². The summed E-state index contributed by atoms with van der Waals surface area (Å²) >= 11 is 5.66. The molecule has 6 heteroatoms. The van der Waals surface area contributed by atoms with E-state index in [1.165, 1.54) is 31.4 Å². The summed E-state index contributed by atoms with van der Waals surface area (Å²) in [6, 6.07) is 8.91. The summed E-state index contributed by atoms with van der Waals surface area (Å²) in [6.45, 7) is 0. The fourth-order valence-electron chi connectivity index (χ4n) is 1.60. The van der Waals surface area contributed by atoms with Crippen molar-refractivity contribution in [3.8, 4) is 11.5 Å². The summed E-state index contributed by atoms with van der Waals surface area (Å²) in [6.07, 6.45) is 0. The van der Waals surface area contributed by atoms with E-state index >= 15 is 0 Å². The van der Waals surface area contributed by atoms with E-state index in [-0.39, 0.29) is 27.8 Å². The van der Waals surface area contributed by atoms with Gasteiger partial charge in [-0.15, -0.1) is 0 Å². The van der Waals surface area contributed by atoms with Gasteiger partial charge in [0.15, 0.2) is 17.3 Å². The van der Waals surface area contributed by atoms with Crippen LogP contribution in [0.15, 0.2) is 36.4 Å². The molecule has 2 N–H and O–H groups in total. The number of nitrogens with two attached hydrogens (primary N) is 1. The fourth-order valence-corrected chi connectivity index (χ4v) is 1.77. The molecule has 0 heterocycles. The lowest BCUT2D eigenvalue weighted by atomic mass is 10.1. The molecular weight excluding hydrogens is 285 g/mol. The molecule has 0 unspecified atom stereocenters. The standard InChI is InChI=1S/C14H11ClFNO3/c1-19-14(18)8-4-2-7-11(13(8)17)20-10-6-3-5-9(15)12(10)16/h2-7H,17H2,1H3. The Morgan fingerprint density at radius 2 is 1.85 bits per heavy atom. The van der Waals surface area contributed by atoms with Crippen LogP contribution in [0.4, 0.5) is 10.1 Å². The molecule has 0 bridgehead atoms. The maximum atomic E-state index is 13.8. The van der Waals surface area contributed by atoms with Crippen molar-refractivity contribution < 1.29 is 18.7 Å². The minimum absolute atomic E-state index is 0.0646. The SMILES string of the molecule is COC(=O)c1cccc(Oc2cccc(Cl)c2F)c1N. The molecule has 0 aliphatic carbocycles. The monoisotopic (exact) mass is 295 g/mol. The molecule has 0 saturated carbocycles. The van der Waals surface area contributed by atoms with Gasteiger partial charge in [-0.05, 0) is 24.3 Å². The van der Waals surface area contributed by atoms with E-state index in [1.807, 2.05) is 0 Å². The van der Waals surface area contributed by atoms with Crippen molar-refractivity contribution in [1.29, 1.82) is 0 Å². The molecule has 0 radical (unpaired) electrons. The molecule has 0 aliphatic rings. The predicted octanol–water partition coefficient (Wildman–Crippen LogP) is 3.64. The van der Waals surface area contributed by atoms with Gasteiger partial charge < -0.3 is 15.2 Å². The van der Waals surface area contributed by atoms with Crippen molar-refractivity contribution in [2.75, 3.05) is 12.8 Å². The molecular formula is C14H11ClFNO3. The van der Waals surface area contributed by atoms with Gasteiger partial charge >= 0.3 is 5.97 Å². The highest BCUT2D eigenvalue weighted by Gasteiger charge is 2.16. The number of esters is 1. The first kappa shape index (κ1) is 14.1. The van der Waals surface area contributed by atoms with Gasteiger partial charge in [0.05, 0.1) is 23.4 Å². The van der Waals surface area contributed by atoms with E-state index in [0.29, 0.717) is 0 Å². The molecule has 0 saturated heterocycles. The largest absolute Gasteiger partial charge is 0.465 e. The predicted molar refractivity (Wildman–Crippen MR) is 73.7 cm³/mol. The third kappa shape index (κ3) is 2.67. The van der Waals surface area contributed by atoms with E-state index < -0.39 is 11.8 Å². The average Bonchev–Trinajstić information content (AvgIpc) is 2.45. The second-order valence-electron chi connectivity index (χ2n) is 3.86. The van der Waals surface area contributed by atoms with Gasteiger partial charge in [-0.1, -0.05) is 23.7 Å². The number of rotatable bonds is 3. The third-order valence-corrected chi connectivity index (χ3v) is 2.90. The molecule has 104 valence electrons. The van der Waals surface area contributed by atoms with E-state index in [0.717, 1.165) is 0 Å². The molecule has 0 aliphatic heterocycles. The van der Waals surface area contributed by atoms with E-state index in [1.54, 1.807) is 12.1 Å². The number of carbonyl (C=O) groups is 1. The lowest BCUT2D eigenvalue weighted by Gasteiger charge is -2.11. The van der Waals surface area contributed by atoms with Crippen molar-refractivity contribution in [2.24, 2.45) is 0 Å².